The van der Waals surface area contributed by atoms with Gasteiger partial charge in [0.25, 0.3) is 0 Å². The topological polar surface area (TPSA) is 0 Å². The van der Waals surface area contributed by atoms with Crippen LogP contribution in [0.25, 0.3) is 0 Å². The van der Waals surface area contributed by atoms with Crippen molar-refractivity contribution in [2.45, 2.75) is 34.4 Å². The van der Waals surface area contributed by atoms with E-state index in [1.165, 1.54) is 24.6 Å². The van der Waals surface area contributed by atoms with Crippen molar-refractivity contribution in [2.75, 3.05) is 24.6 Å². The second-order valence-electron chi connectivity index (χ2n) is 2.85. The van der Waals surface area contributed by atoms with Crippen LogP contribution < -0.4 is 0 Å². The highest BCUT2D eigenvalue weighted by atomic mass is 31.2. The predicted molar refractivity (Wildman–Crippen MR) is 56.2 cm³/mol. The van der Waals surface area contributed by atoms with E-state index in [2.05, 4.69) is 27.7 Å². The Morgan fingerprint density at radius 1 is 0.769 bits per heavy atom. The van der Waals surface area contributed by atoms with Gasteiger partial charge in [-0.1, -0.05) is 27.7 Å². The third kappa shape index (κ3) is 8.55. The molecule has 0 N–H and O–H groups in total. The third-order valence-electron chi connectivity index (χ3n) is 2.68. The zero-order valence-electron chi connectivity index (χ0n) is 8.99. The number of alkyl halides is 3. The molecule has 0 aliphatic heterocycles. The maximum absolute atomic E-state index is 9.67. The van der Waals surface area contributed by atoms with Gasteiger partial charge in [-0.15, -0.1) is 7.26 Å². The van der Waals surface area contributed by atoms with Gasteiger partial charge in [-0.25, -0.2) is 0 Å². The fraction of sp³-hybridized carbons (Fsp3) is 1.00. The van der Waals surface area contributed by atoms with Gasteiger partial charge in [-0.05, 0) is 24.6 Å². The van der Waals surface area contributed by atoms with E-state index in [4.69, 9.17) is 0 Å². The summed E-state index contributed by atoms with van der Waals surface area (Å²) >= 11 is 0. The summed E-state index contributed by atoms with van der Waals surface area (Å²) in [6.45, 7) is 5.74. The molecule has 4 heteroatoms. The van der Waals surface area contributed by atoms with Crippen molar-refractivity contribution in [1.29, 1.82) is 0 Å². The molecule has 0 aliphatic carbocycles. The predicted octanol–water partition coefficient (Wildman–Crippen LogP) is 4.26. The monoisotopic (exact) mass is 217 g/mol. The van der Waals surface area contributed by atoms with Crippen LogP contribution in [0, 0.1) is 0 Å². The van der Waals surface area contributed by atoms with Crippen LogP contribution in [-0.2, 0) is 0 Å². The van der Waals surface area contributed by atoms with E-state index < -0.39 is 13.9 Å². The first kappa shape index (κ1) is 15.7. The summed E-state index contributed by atoms with van der Waals surface area (Å²) in [4.78, 5) is 0. The van der Waals surface area contributed by atoms with Crippen molar-refractivity contribution in [3.05, 3.63) is 0 Å². The van der Waals surface area contributed by atoms with Gasteiger partial charge in [0.2, 0.25) is 0 Å². The molecule has 0 spiro atoms. The quantitative estimate of drug-likeness (QED) is 0.617. The SMILES string of the molecule is CC[P](CC)(CC)CC.FC(F)F. The molecule has 0 aromatic heterocycles. The van der Waals surface area contributed by atoms with E-state index in [0.29, 0.717) is 0 Å². The molecule has 0 aliphatic rings. The fourth-order valence-corrected chi connectivity index (χ4v) is 4.02. The van der Waals surface area contributed by atoms with E-state index in [-0.39, 0.29) is 0 Å². The molecule has 0 aromatic rings. The summed E-state index contributed by atoms with van der Waals surface area (Å²) < 4.78 is 29.0. The molecule has 0 nitrogen and oxygen atoms in total. The van der Waals surface area contributed by atoms with Gasteiger partial charge in [-0.2, -0.15) is 13.2 Å². The molecular formula is C9H21F3P. The van der Waals surface area contributed by atoms with Crippen molar-refractivity contribution in [2.24, 2.45) is 0 Å². The third-order valence-corrected chi connectivity index (χ3v) is 8.05. The molecular weight excluding hydrogens is 196 g/mol. The van der Waals surface area contributed by atoms with Crippen molar-refractivity contribution in [1.82, 2.24) is 0 Å². The summed E-state index contributed by atoms with van der Waals surface area (Å²) in [5, 5.41) is 0. The van der Waals surface area contributed by atoms with E-state index >= 15 is 0 Å². The lowest BCUT2D eigenvalue weighted by Crippen LogP contribution is -2.04. The normalized spacial score (nSPS) is 11.1. The maximum atomic E-state index is 9.67. The molecule has 83 valence electrons. The highest BCUT2D eigenvalue weighted by Crippen LogP contribution is 2.57. The fourth-order valence-electron chi connectivity index (χ4n) is 1.34. The Morgan fingerprint density at radius 2 is 0.923 bits per heavy atom. The minimum absolute atomic E-state index is 0.420. The maximum Gasteiger partial charge on any atom is 0.379 e. The first-order valence-electron chi connectivity index (χ1n) is 4.75. The highest BCUT2D eigenvalue weighted by Gasteiger charge is 2.16. The Bertz CT molecular complexity index is 82.8. The largest absolute Gasteiger partial charge is 0.379 e. The van der Waals surface area contributed by atoms with Gasteiger partial charge >= 0.3 is 6.68 Å². The summed E-state index contributed by atoms with van der Waals surface area (Å²) in [7, 11) is -0.420. The van der Waals surface area contributed by atoms with Crippen LogP contribution in [0.5, 0.6) is 0 Å². The zero-order chi connectivity index (χ0) is 10.9. The van der Waals surface area contributed by atoms with Crippen molar-refractivity contribution in [3.63, 3.8) is 0 Å². The average molecular weight is 217 g/mol. The zero-order valence-corrected chi connectivity index (χ0v) is 9.88. The van der Waals surface area contributed by atoms with Crippen LogP contribution >= 0.6 is 7.26 Å². The van der Waals surface area contributed by atoms with Crippen LogP contribution in [0.2, 0.25) is 0 Å². The molecule has 1 radical (unpaired) electrons. The Labute approximate surface area is 80.2 Å². The van der Waals surface area contributed by atoms with Crippen LogP contribution in [0.4, 0.5) is 13.2 Å². The molecule has 0 aromatic carbocycles. The minimum atomic E-state index is -3.67. The molecule has 13 heavy (non-hydrogen) atoms. The minimum Gasteiger partial charge on any atom is -0.174 e. The molecule has 0 unspecified atom stereocenters. The van der Waals surface area contributed by atoms with Crippen molar-refractivity contribution < 1.29 is 13.2 Å². The number of hydrogen-bond donors (Lipinski definition) is 0. The van der Waals surface area contributed by atoms with E-state index in [9.17, 15) is 13.2 Å². The molecule has 0 atom stereocenters. The second kappa shape index (κ2) is 8.80. The average Bonchev–Trinajstić information content (AvgIpc) is 2.09. The molecule has 0 fully saturated rings. The molecule has 0 saturated heterocycles. The summed E-state index contributed by atoms with van der Waals surface area (Å²) in [6, 6.07) is 0. The number of hydrogen-bond acceptors (Lipinski definition) is 0. The molecule has 0 amide bonds. The Hall–Kier alpha value is 0.220. The van der Waals surface area contributed by atoms with Crippen LogP contribution in [0.1, 0.15) is 27.7 Å². The first-order valence-corrected chi connectivity index (χ1v) is 7.28. The van der Waals surface area contributed by atoms with Crippen LogP contribution in [0.15, 0.2) is 0 Å². The van der Waals surface area contributed by atoms with Crippen LogP contribution in [0.3, 0.4) is 0 Å². The Morgan fingerprint density at radius 3 is 0.923 bits per heavy atom. The van der Waals surface area contributed by atoms with Gasteiger partial charge in [0.05, 0.1) is 0 Å². The lowest BCUT2D eigenvalue weighted by molar-refractivity contribution is 0.00819. The standard InChI is InChI=1S/C8H20P.CHF3/c1-5-9(6-2,7-3)8-4;2-1(3)4/h5-8H2,1-4H3;1H. The van der Waals surface area contributed by atoms with Gasteiger partial charge in [0, 0.05) is 0 Å². The smallest absolute Gasteiger partial charge is 0.174 e. The summed E-state index contributed by atoms with van der Waals surface area (Å²) in [6.07, 6.45) is 5.82. The van der Waals surface area contributed by atoms with Gasteiger partial charge in [0.1, 0.15) is 0 Å². The lowest BCUT2D eigenvalue weighted by Gasteiger charge is -2.31. The summed E-state index contributed by atoms with van der Waals surface area (Å²) in [5.74, 6) is 0. The number of halogens is 3. The van der Waals surface area contributed by atoms with Gasteiger partial charge in [-0.3, -0.25) is 0 Å². The number of rotatable bonds is 4. The molecule has 0 bridgehead atoms. The molecule has 0 rings (SSSR count). The Balaban J connectivity index is 0. The van der Waals surface area contributed by atoms with Crippen LogP contribution in [-0.4, -0.2) is 31.3 Å². The second-order valence-corrected chi connectivity index (χ2v) is 8.07. The summed E-state index contributed by atoms with van der Waals surface area (Å²) in [5.41, 5.74) is 0. The van der Waals surface area contributed by atoms with Gasteiger partial charge in [0.15, 0.2) is 0 Å². The molecule has 0 heterocycles. The van der Waals surface area contributed by atoms with Crippen molar-refractivity contribution >= 4 is 7.26 Å². The Kier molecular flexibility index (Phi) is 10.6. The van der Waals surface area contributed by atoms with E-state index in [1.54, 1.807) is 0 Å². The van der Waals surface area contributed by atoms with E-state index in [1.807, 2.05) is 0 Å². The first-order chi connectivity index (χ1) is 5.97. The highest BCUT2D eigenvalue weighted by molar-refractivity contribution is 7.75. The van der Waals surface area contributed by atoms with E-state index in [0.717, 1.165) is 0 Å². The van der Waals surface area contributed by atoms with Crippen molar-refractivity contribution in [3.8, 4) is 0 Å². The molecule has 0 saturated carbocycles. The van der Waals surface area contributed by atoms with Gasteiger partial charge < -0.3 is 0 Å². The lowest BCUT2D eigenvalue weighted by atomic mass is 10.9.